The van der Waals surface area contributed by atoms with Crippen molar-refractivity contribution in [2.45, 2.75) is 39.7 Å². The molecule has 0 aliphatic rings. The SMILES string of the molecule is CCc1cn2c(COC(=O)C(C)c3ccc(-c4ccccc4)c(C(=O)O)c3)ccc(C)c2n1. The van der Waals surface area contributed by atoms with Crippen molar-refractivity contribution in [2.24, 2.45) is 0 Å². The standard InChI is InChI=1S/C27H26N2O4/c1-4-21-15-29-22(12-10-17(2)25(29)28-21)16-33-27(32)18(3)20-11-13-23(24(14-20)26(30)31)19-8-6-5-7-9-19/h5-15,18H,4,16H2,1-3H3,(H,30,31). The lowest BCUT2D eigenvalue weighted by Crippen LogP contribution is -2.15. The predicted molar refractivity (Wildman–Crippen MR) is 126 cm³/mol. The highest BCUT2D eigenvalue weighted by molar-refractivity contribution is 5.96. The predicted octanol–water partition coefficient (Wildman–Crippen LogP) is 5.42. The van der Waals surface area contributed by atoms with Gasteiger partial charge in [0.25, 0.3) is 0 Å². The summed E-state index contributed by atoms with van der Waals surface area (Å²) in [5.41, 5.74) is 5.90. The number of nitrogens with zero attached hydrogens (tertiary/aromatic N) is 2. The highest BCUT2D eigenvalue weighted by Crippen LogP contribution is 2.28. The zero-order valence-corrected chi connectivity index (χ0v) is 18.9. The van der Waals surface area contributed by atoms with Gasteiger partial charge in [0.2, 0.25) is 0 Å². The molecule has 0 aliphatic carbocycles. The Morgan fingerprint density at radius 3 is 2.55 bits per heavy atom. The number of fused-ring (bicyclic) bond motifs is 1. The molecule has 0 saturated heterocycles. The third-order valence-corrected chi connectivity index (χ3v) is 5.88. The van der Waals surface area contributed by atoms with Crippen molar-refractivity contribution < 1.29 is 19.4 Å². The third kappa shape index (κ3) is 4.51. The molecule has 0 fully saturated rings. The van der Waals surface area contributed by atoms with Crippen LogP contribution in [0.1, 0.15) is 52.6 Å². The number of carbonyl (C=O) groups excluding carboxylic acids is 1. The molecule has 6 heteroatoms. The number of rotatable bonds is 7. The van der Waals surface area contributed by atoms with E-state index >= 15 is 0 Å². The molecular weight excluding hydrogens is 416 g/mol. The molecule has 4 rings (SSSR count). The van der Waals surface area contributed by atoms with Crippen LogP contribution in [0, 0.1) is 6.92 Å². The van der Waals surface area contributed by atoms with Gasteiger partial charge in [0, 0.05) is 6.20 Å². The van der Waals surface area contributed by atoms with Gasteiger partial charge in [0.15, 0.2) is 0 Å². The first kappa shape index (κ1) is 22.3. The van der Waals surface area contributed by atoms with E-state index in [1.165, 1.54) is 0 Å². The number of aryl methyl sites for hydroxylation is 2. The van der Waals surface area contributed by atoms with Crippen LogP contribution in [0.3, 0.4) is 0 Å². The van der Waals surface area contributed by atoms with Gasteiger partial charge in [0.05, 0.1) is 22.9 Å². The van der Waals surface area contributed by atoms with Gasteiger partial charge in [-0.05, 0) is 54.7 Å². The van der Waals surface area contributed by atoms with Crippen LogP contribution in [0.25, 0.3) is 16.8 Å². The first-order valence-electron chi connectivity index (χ1n) is 10.9. The summed E-state index contributed by atoms with van der Waals surface area (Å²) in [6.45, 7) is 5.88. The van der Waals surface area contributed by atoms with E-state index in [1.807, 2.05) is 66.9 Å². The summed E-state index contributed by atoms with van der Waals surface area (Å²) in [6, 6.07) is 18.3. The molecule has 0 spiro atoms. The lowest BCUT2D eigenvalue weighted by molar-refractivity contribution is -0.146. The number of benzene rings is 2. The topological polar surface area (TPSA) is 80.9 Å². The van der Waals surface area contributed by atoms with Gasteiger partial charge in [-0.3, -0.25) is 4.79 Å². The van der Waals surface area contributed by atoms with Crippen LogP contribution in [0.5, 0.6) is 0 Å². The number of hydrogen-bond donors (Lipinski definition) is 1. The Morgan fingerprint density at radius 1 is 1.09 bits per heavy atom. The molecule has 168 valence electrons. The molecular formula is C27H26N2O4. The zero-order valence-electron chi connectivity index (χ0n) is 18.9. The summed E-state index contributed by atoms with van der Waals surface area (Å²) in [5, 5.41) is 9.74. The second-order valence-corrected chi connectivity index (χ2v) is 8.09. The van der Waals surface area contributed by atoms with Crippen molar-refractivity contribution in [2.75, 3.05) is 0 Å². The van der Waals surface area contributed by atoms with Crippen molar-refractivity contribution in [1.29, 1.82) is 0 Å². The highest BCUT2D eigenvalue weighted by Gasteiger charge is 2.21. The monoisotopic (exact) mass is 442 g/mol. The van der Waals surface area contributed by atoms with Crippen LogP contribution in [-0.2, 0) is 22.6 Å². The van der Waals surface area contributed by atoms with Crippen LogP contribution in [-0.4, -0.2) is 26.4 Å². The Morgan fingerprint density at radius 2 is 1.85 bits per heavy atom. The van der Waals surface area contributed by atoms with E-state index in [1.54, 1.807) is 25.1 Å². The van der Waals surface area contributed by atoms with E-state index in [0.717, 1.165) is 34.6 Å². The van der Waals surface area contributed by atoms with Gasteiger partial charge in [0.1, 0.15) is 12.3 Å². The Balaban J connectivity index is 1.55. The minimum Gasteiger partial charge on any atom is -0.478 e. The second kappa shape index (κ2) is 9.28. The molecule has 2 heterocycles. The lowest BCUT2D eigenvalue weighted by atomic mass is 9.93. The number of carbonyl (C=O) groups is 2. The summed E-state index contributed by atoms with van der Waals surface area (Å²) in [4.78, 5) is 29.4. The number of aromatic carboxylic acids is 1. The molecule has 0 saturated carbocycles. The third-order valence-electron chi connectivity index (χ3n) is 5.88. The minimum absolute atomic E-state index is 0.105. The molecule has 2 aromatic carbocycles. The van der Waals surface area contributed by atoms with Crippen LogP contribution < -0.4 is 0 Å². The molecule has 1 atom stereocenters. The fourth-order valence-electron chi connectivity index (χ4n) is 3.87. The number of aromatic nitrogens is 2. The number of carboxylic acids is 1. The summed E-state index contributed by atoms with van der Waals surface area (Å²) in [7, 11) is 0. The molecule has 4 aromatic rings. The van der Waals surface area contributed by atoms with Crippen molar-refractivity contribution in [3.8, 4) is 11.1 Å². The second-order valence-electron chi connectivity index (χ2n) is 8.09. The van der Waals surface area contributed by atoms with E-state index < -0.39 is 17.9 Å². The maximum Gasteiger partial charge on any atom is 0.336 e. The number of carboxylic acid groups (broad SMARTS) is 1. The van der Waals surface area contributed by atoms with Crippen LogP contribution in [0.4, 0.5) is 0 Å². The van der Waals surface area contributed by atoms with Crippen molar-refractivity contribution in [3.05, 3.63) is 94.9 Å². The van der Waals surface area contributed by atoms with Gasteiger partial charge in [-0.15, -0.1) is 0 Å². The van der Waals surface area contributed by atoms with Gasteiger partial charge in [-0.25, -0.2) is 9.78 Å². The van der Waals surface area contributed by atoms with Gasteiger partial charge >= 0.3 is 11.9 Å². The van der Waals surface area contributed by atoms with Gasteiger partial charge < -0.3 is 14.2 Å². The lowest BCUT2D eigenvalue weighted by Gasteiger charge is -2.15. The molecule has 0 radical (unpaired) electrons. The summed E-state index contributed by atoms with van der Waals surface area (Å²) in [6.07, 6.45) is 2.79. The number of imidazole rings is 1. The molecule has 0 amide bonds. The number of hydrogen-bond acceptors (Lipinski definition) is 4. The average molecular weight is 443 g/mol. The van der Waals surface area contributed by atoms with E-state index in [4.69, 9.17) is 4.74 Å². The Kier molecular flexibility index (Phi) is 6.27. The first-order valence-corrected chi connectivity index (χ1v) is 10.9. The quantitative estimate of drug-likeness (QED) is 0.387. The highest BCUT2D eigenvalue weighted by atomic mass is 16.5. The van der Waals surface area contributed by atoms with E-state index in [0.29, 0.717) is 11.1 Å². The Labute approximate surface area is 192 Å². The molecule has 1 N–H and O–H groups in total. The molecule has 33 heavy (non-hydrogen) atoms. The maximum absolute atomic E-state index is 12.8. The van der Waals surface area contributed by atoms with Crippen LogP contribution in [0.15, 0.2) is 66.9 Å². The molecule has 6 nitrogen and oxygen atoms in total. The zero-order chi connectivity index (χ0) is 23.5. The first-order chi connectivity index (χ1) is 15.9. The maximum atomic E-state index is 12.8. The fraction of sp³-hybridized carbons (Fsp3) is 0.222. The Hall–Kier alpha value is -3.93. The average Bonchev–Trinajstić information content (AvgIpc) is 3.29. The van der Waals surface area contributed by atoms with E-state index in [9.17, 15) is 14.7 Å². The molecule has 2 aromatic heterocycles. The summed E-state index contributed by atoms with van der Waals surface area (Å²) >= 11 is 0. The van der Waals surface area contributed by atoms with Crippen molar-refractivity contribution in [3.63, 3.8) is 0 Å². The summed E-state index contributed by atoms with van der Waals surface area (Å²) in [5.74, 6) is -2.06. The molecule has 1 unspecified atom stereocenters. The van der Waals surface area contributed by atoms with Crippen molar-refractivity contribution >= 4 is 17.6 Å². The molecule has 0 bridgehead atoms. The van der Waals surface area contributed by atoms with E-state index in [-0.39, 0.29) is 12.2 Å². The van der Waals surface area contributed by atoms with Crippen LogP contribution in [0.2, 0.25) is 0 Å². The summed E-state index contributed by atoms with van der Waals surface area (Å²) < 4.78 is 7.58. The van der Waals surface area contributed by atoms with Gasteiger partial charge in [-0.1, -0.05) is 55.5 Å². The minimum atomic E-state index is -1.04. The number of pyridine rings is 1. The van der Waals surface area contributed by atoms with Crippen molar-refractivity contribution in [1.82, 2.24) is 9.38 Å². The number of ether oxygens (including phenoxy) is 1. The van der Waals surface area contributed by atoms with E-state index in [2.05, 4.69) is 4.98 Å². The smallest absolute Gasteiger partial charge is 0.336 e. The normalized spacial score (nSPS) is 12.0. The number of esters is 1. The fourth-order valence-corrected chi connectivity index (χ4v) is 3.87. The molecule has 0 aliphatic heterocycles. The largest absolute Gasteiger partial charge is 0.478 e. The van der Waals surface area contributed by atoms with Crippen LogP contribution >= 0.6 is 0 Å². The van der Waals surface area contributed by atoms with Gasteiger partial charge in [-0.2, -0.15) is 0 Å². The Bertz CT molecular complexity index is 1320.